The normalized spacial score (nSPS) is 26.6. The van der Waals surface area contributed by atoms with Crippen LogP contribution in [0.1, 0.15) is 32.6 Å². The van der Waals surface area contributed by atoms with Crippen molar-refractivity contribution in [2.75, 3.05) is 43.1 Å². The molecule has 2 atom stereocenters. The Morgan fingerprint density at radius 3 is 2.86 bits per heavy atom. The molecule has 1 aliphatic heterocycles. The van der Waals surface area contributed by atoms with E-state index in [1.54, 1.807) is 6.33 Å². The lowest BCUT2D eigenvalue weighted by molar-refractivity contribution is 0.122. The van der Waals surface area contributed by atoms with Crippen LogP contribution in [0.25, 0.3) is 0 Å². The SMILES string of the molecule is CC1CCCCC1CNc1cc(N2CCOCC2)ncn1. The van der Waals surface area contributed by atoms with E-state index in [9.17, 15) is 0 Å². The van der Waals surface area contributed by atoms with Crippen molar-refractivity contribution in [1.29, 1.82) is 0 Å². The minimum Gasteiger partial charge on any atom is -0.378 e. The smallest absolute Gasteiger partial charge is 0.134 e. The molecular formula is C16H26N4O. The Bertz CT molecular complexity index is 448. The number of nitrogens with zero attached hydrogens (tertiary/aromatic N) is 3. The van der Waals surface area contributed by atoms with Gasteiger partial charge >= 0.3 is 0 Å². The van der Waals surface area contributed by atoms with Crippen molar-refractivity contribution in [2.24, 2.45) is 11.8 Å². The Labute approximate surface area is 127 Å². The lowest BCUT2D eigenvalue weighted by atomic mass is 9.80. The molecule has 1 aromatic heterocycles. The van der Waals surface area contributed by atoms with Crippen LogP contribution in [0, 0.1) is 11.8 Å². The first-order valence-corrected chi connectivity index (χ1v) is 8.21. The molecule has 1 aromatic rings. The summed E-state index contributed by atoms with van der Waals surface area (Å²) in [5.74, 6) is 3.56. The fourth-order valence-corrected chi connectivity index (χ4v) is 3.34. The van der Waals surface area contributed by atoms with Gasteiger partial charge in [0.05, 0.1) is 13.2 Å². The van der Waals surface area contributed by atoms with Crippen molar-refractivity contribution in [2.45, 2.75) is 32.6 Å². The molecule has 2 aliphatic rings. The number of morpholine rings is 1. The first-order chi connectivity index (χ1) is 10.3. The van der Waals surface area contributed by atoms with Crippen LogP contribution < -0.4 is 10.2 Å². The molecule has 2 unspecified atom stereocenters. The standard InChI is InChI=1S/C16H26N4O/c1-13-4-2-3-5-14(13)11-17-15-10-16(19-12-18-15)20-6-8-21-9-7-20/h10,12-14H,2-9,11H2,1H3,(H,17,18,19). The fourth-order valence-electron chi connectivity index (χ4n) is 3.34. The van der Waals surface area contributed by atoms with E-state index < -0.39 is 0 Å². The molecule has 0 amide bonds. The highest BCUT2D eigenvalue weighted by Crippen LogP contribution is 2.29. The second-order valence-electron chi connectivity index (χ2n) is 6.26. The van der Waals surface area contributed by atoms with Gasteiger partial charge in [-0.3, -0.25) is 0 Å². The van der Waals surface area contributed by atoms with Crippen molar-refractivity contribution < 1.29 is 4.74 Å². The first kappa shape index (κ1) is 14.6. The summed E-state index contributed by atoms with van der Waals surface area (Å²) in [6, 6.07) is 2.07. The van der Waals surface area contributed by atoms with Gasteiger partial charge in [0.1, 0.15) is 18.0 Å². The molecule has 1 saturated heterocycles. The van der Waals surface area contributed by atoms with E-state index in [2.05, 4.69) is 33.2 Å². The molecule has 116 valence electrons. The van der Waals surface area contributed by atoms with Crippen molar-refractivity contribution in [1.82, 2.24) is 9.97 Å². The third kappa shape index (κ3) is 3.84. The first-order valence-electron chi connectivity index (χ1n) is 8.21. The van der Waals surface area contributed by atoms with E-state index >= 15 is 0 Å². The summed E-state index contributed by atoms with van der Waals surface area (Å²) in [5.41, 5.74) is 0. The van der Waals surface area contributed by atoms with E-state index in [1.807, 2.05) is 0 Å². The van der Waals surface area contributed by atoms with E-state index in [4.69, 9.17) is 4.74 Å². The zero-order valence-corrected chi connectivity index (χ0v) is 12.9. The number of rotatable bonds is 4. The third-order valence-corrected chi connectivity index (χ3v) is 4.82. The number of aromatic nitrogens is 2. The van der Waals surface area contributed by atoms with Crippen LogP contribution in [0.4, 0.5) is 11.6 Å². The van der Waals surface area contributed by atoms with Crippen LogP contribution >= 0.6 is 0 Å². The van der Waals surface area contributed by atoms with Gasteiger partial charge in [-0.2, -0.15) is 0 Å². The Kier molecular flexibility index (Phi) is 4.91. The van der Waals surface area contributed by atoms with Crippen LogP contribution in [0.5, 0.6) is 0 Å². The summed E-state index contributed by atoms with van der Waals surface area (Å²) in [6.45, 7) is 6.80. The van der Waals surface area contributed by atoms with Crippen LogP contribution in [0.15, 0.2) is 12.4 Å². The molecule has 1 aliphatic carbocycles. The molecule has 5 heteroatoms. The molecular weight excluding hydrogens is 264 g/mol. The van der Waals surface area contributed by atoms with Crippen molar-refractivity contribution in [3.8, 4) is 0 Å². The molecule has 0 aromatic carbocycles. The molecule has 0 radical (unpaired) electrons. The number of hydrogen-bond acceptors (Lipinski definition) is 5. The molecule has 2 heterocycles. The molecule has 3 rings (SSSR count). The molecule has 0 spiro atoms. The van der Waals surface area contributed by atoms with Gasteiger partial charge in [0, 0.05) is 25.7 Å². The minimum atomic E-state index is 0.778. The van der Waals surface area contributed by atoms with Gasteiger partial charge in [0.15, 0.2) is 0 Å². The van der Waals surface area contributed by atoms with E-state index in [-0.39, 0.29) is 0 Å². The Morgan fingerprint density at radius 2 is 2.05 bits per heavy atom. The average molecular weight is 290 g/mol. The topological polar surface area (TPSA) is 50.3 Å². The second kappa shape index (κ2) is 7.07. The summed E-state index contributed by atoms with van der Waals surface area (Å²) in [7, 11) is 0. The minimum absolute atomic E-state index is 0.778. The van der Waals surface area contributed by atoms with Crippen molar-refractivity contribution >= 4 is 11.6 Å². The van der Waals surface area contributed by atoms with E-state index in [0.717, 1.165) is 56.3 Å². The average Bonchev–Trinajstić information content (AvgIpc) is 2.55. The Morgan fingerprint density at radius 1 is 1.24 bits per heavy atom. The van der Waals surface area contributed by atoms with Crippen molar-refractivity contribution in [3.63, 3.8) is 0 Å². The molecule has 1 N–H and O–H groups in total. The monoisotopic (exact) mass is 290 g/mol. The van der Waals surface area contributed by atoms with Gasteiger partial charge in [0.2, 0.25) is 0 Å². The number of hydrogen-bond donors (Lipinski definition) is 1. The highest BCUT2D eigenvalue weighted by atomic mass is 16.5. The number of nitrogens with one attached hydrogen (secondary N) is 1. The van der Waals surface area contributed by atoms with Crippen molar-refractivity contribution in [3.05, 3.63) is 12.4 Å². The summed E-state index contributed by atoms with van der Waals surface area (Å²) in [5, 5.41) is 3.52. The largest absolute Gasteiger partial charge is 0.378 e. The Balaban J connectivity index is 1.57. The third-order valence-electron chi connectivity index (χ3n) is 4.82. The van der Waals surface area contributed by atoms with Crippen LogP contribution in [-0.4, -0.2) is 42.8 Å². The highest BCUT2D eigenvalue weighted by molar-refractivity contribution is 5.48. The van der Waals surface area contributed by atoms with Gasteiger partial charge in [-0.15, -0.1) is 0 Å². The summed E-state index contributed by atoms with van der Waals surface area (Å²) in [6.07, 6.45) is 7.15. The van der Waals surface area contributed by atoms with Gasteiger partial charge in [0.25, 0.3) is 0 Å². The predicted octanol–water partition coefficient (Wildman–Crippen LogP) is 2.55. The van der Waals surface area contributed by atoms with Gasteiger partial charge in [-0.25, -0.2) is 9.97 Å². The van der Waals surface area contributed by atoms with Gasteiger partial charge < -0.3 is 15.0 Å². The predicted molar refractivity (Wildman–Crippen MR) is 84.7 cm³/mol. The number of ether oxygens (including phenoxy) is 1. The maximum absolute atomic E-state index is 5.39. The van der Waals surface area contributed by atoms with Gasteiger partial charge in [-0.05, 0) is 18.3 Å². The molecule has 5 nitrogen and oxygen atoms in total. The van der Waals surface area contributed by atoms with E-state index in [0.29, 0.717) is 0 Å². The quantitative estimate of drug-likeness (QED) is 0.923. The second-order valence-corrected chi connectivity index (χ2v) is 6.26. The fraction of sp³-hybridized carbons (Fsp3) is 0.750. The maximum Gasteiger partial charge on any atom is 0.134 e. The van der Waals surface area contributed by atoms with Gasteiger partial charge in [-0.1, -0.05) is 26.2 Å². The highest BCUT2D eigenvalue weighted by Gasteiger charge is 2.21. The maximum atomic E-state index is 5.39. The zero-order chi connectivity index (χ0) is 14.5. The molecule has 0 bridgehead atoms. The molecule has 2 fully saturated rings. The molecule has 1 saturated carbocycles. The zero-order valence-electron chi connectivity index (χ0n) is 12.9. The van der Waals surface area contributed by atoms with E-state index in [1.165, 1.54) is 25.7 Å². The van der Waals surface area contributed by atoms with Crippen LogP contribution in [0.2, 0.25) is 0 Å². The van der Waals surface area contributed by atoms with Crippen LogP contribution in [0.3, 0.4) is 0 Å². The molecule has 21 heavy (non-hydrogen) atoms. The van der Waals surface area contributed by atoms with Crippen LogP contribution in [-0.2, 0) is 4.74 Å². The number of anilines is 2. The summed E-state index contributed by atoms with van der Waals surface area (Å²) >= 11 is 0. The Hall–Kier alpha value is -1.36. The lowest BCUT2D eigenvalue weighted by Gasteiger charge is -2.29. The summed E-state index contributed by atoms with van der Waals surface area (Å²) in [4.78, 5) is 11.0. The lowest BCUT2D eigenvalue weighted by Crippen LogP contribution is -2.36. The summed E-state index contributed by atoms with van der Waals surface area (Å²) < 4.78 is 5.39.